The number of carbonyl (C=O) groups is 1. The molecule has 1 fully saturated rings. The predicted molar refractivity (Wildman–Crippen MR) is 55.6 cm³/mol. The fourth-order valence-electron chi connectivity index (χ4n) is 1.71. The van der Waals surface area contributed by atoms with Crippen LogP contribution in [-0.4, -0.2) is 17.8 Å². The second-order valence-corrected chi connectivity index (χ2v) is 3.88. The number of hydrogen-bond donors (Lipinski definition) is 1. The van der Waals surface area contributed by atoms with Gasteiger partial charge in [-0.2, -0.15) is 0 Å². The Hall–Kier alpha value is -0.860. The predicted octanol–water partition coefficient (Wildman–Crippen LogP) is 2.68. The average molecular weight is 197 g/mol. The molecule has 0 saturated heterocycles. The van der Waals surface area contributed by atoms with Gasteiger partial charge in [0.2, 0.25) is 0 Å². The van der Waals surface area contributed by atoms with Crippen LogP contribution in [0.15, 0.2) is 0 Å². The summed E-state index contributed by atoms with van der Waals surface area (Å²) >= 11 is 0. The van der Waals surface area contributed by atoms with Gasteiger partial charge in [-0.1, -0.05) is 13.3 Å². The van der Waals surface area contributed by atoms with Gasteiger partial charge in [-0.05, 0) is 32.1 Å². The van der Waals surface area contributed by atoms with E-state index in [2.05, 4.69) is 0 Å². The Kier molecular flexibility index (Phi) is 4.63. The Morgan fingerprint density at radius 2 is 2.00 bits per heavy atom. The molecule has 0 aromatic carbocycles. The van der Waals surface area contributed by atoms with Crippen molar-refractivity contribution in [2.24, 2.45) is 0 Å². The summed E-state index contributed by atoms with van der Waals surface area (Å²) in [7, 11) is 0. The molecule has 0 radical (unpaired) electrons. The number of nitrogens with one attached hydrogen (secondary N) is 1. The molecule has 0 aromatic rings. The van der Waals surface area contributed by atoms with Crippen LogP contribution >= 0.6 is 0 Å². The van der Waals surface area contributed by atoms with E-state index in [0.717, 1.165) is 12.8 Å². The molecule has 0 amide bonds. The van der Waals surface area contributed by atoms with Crippen LogP contribution in [-0.2, 0) is 9.53 Å². The molecule has 3 nitrogen and oxygen atoms in total. The third-order valence-corrected chi connectivity index (χ3v) is 2.63. The van der Waals surface area contributed by atoms with Gasteiger partial charge in [0, 0.05) is 5.71 Å². The summed E-state index contributed by atoms with van der Waals surface area (Å²) in [6.45, 7) is 1.89. The van der Waals surface area contributed by atoms with Gasteiger partial charge in [0.25, 0.3) is 0 Å². The Balaban J connectivity index is 2.21. The van der Waals surface area contributed by atoms with E-state index in [4.69, 9.17) is 10.1 Å². The van der Waals surface area contributed by atoms with Gasteiger partial charge in [0.05, 0.1) is 6.42 Å². The van der Waals surface area contributed by atoms with E-state index in [0.29, 0.717) is 12.1 Å². The minimum Gasteiger partial charge on any atom is -0.462 e. The quantitative estimate of drug-likeness (QED) is 0.556. The van der Waals surface area contributed by atoms with Gasteiger partial charge in [-0.3, -0.25) is 4.79 Å². The maximum Gasteiger partial charge on any atom is 0.311 e. The van der Waals surface area contributed by atoms with E-state index in [9.17, 15) is 4.79 Å². The summed E-state index contributed by atoms with van der Waals surface area (Å²) in [5, 5.41) is 7.38. The smallest absolute Gasteiger partial charge is 0.311 e. The van der Waals surface area contributed by atoms with Crippen molar-refractivity contribution in [2.45, 2.75) is 58.0 Å². The van der Waals surface area contributed by atoms with Crippen molar-refractivity contribution >= 4 is 11.7 Å². The molecule has 14 heavy (non-hydrogen) atoms. The lowest BCUT2D eigenvalue weighted by Gasteiger charge is -2.21. The first kappa shape index (κ1) is 11.2. The summed E-state index contributed by atoms with van der Waals surface area (Å²) in [5.74, 6) is -0.219. The van der Waals surface area contributed by atoms with Gasteiger partial charge >= 0.3 is 5.97 Å². The molecule has 0 spiro atoms. The fraction of sp³-hybridized carbons (Fsp3) is 0.818. The molecule has 0 aromatic heterocycles. The van der Waals surface area contributed by atoms with Crippen molar-refractivity contribution in [3.05, 3.63) is 0 Å². The van der Waals surface area contributed by atoms with Crippen LogP contribution in [0.1, 0.15) is 51.9 Å². The van der Waals surface area contributed by atoms with E-state index in [1.54, 1.807) is 0 Å². The molecule has 1 rings (SSSR count). The third kappa shape index (κ3) is 3.90. The monoisotopic (exact) mass is 197 g/mol. The third-order valence-electron chi connectivity index (χ3n) is 2.63. The lowest BCUT2D eigenvalue weighted by molar-refractivity contribution is -0.148. The second-order valence-electron chi connectivity index (χ2n) is 3.88. The van der Waals surface area contributed by atoms with Gasteiger partial charge in [-0.15, -0.1) is 0 Å². The van der Waals surface area contributed by atoms with Gasteiger partial charge in [0.15, 0.2) is 0 Å². The van der Waals surface area contributed by atoms with Crippen molar-refractivity contribution in [2.75, 3.05) is 0 Å². The molecular weight excluding hydrogens is 178 g/mol. The average Bonchev–Trinajstić information content (AvgIpc) is 2.19. The van der Waals surface area contributed by atoms with Crippen molar-refractivity contribution in [3.63, 3.8) is 0 Å². The molecule has 1 saturated carbocycles. The van der Waals surface area contributed by atoms with Crippen LogP contribution in [0, 0.1) is 5.41 Å². The standard InChI is InChI=1S/C11H19NO2/c1-2-9(12)8-11(13)14-10-6-4-3-5-7-10/h10,12H,2-8H2,1H3. The number of ether oxygens (including phenoxy) is 1. The molecule has 1 aliphatic rings. The fourth-order valence-corrected chi connectivity index (χ4v) is 1.71. The van der Waals surface area contributed by atoms with E-state index < -0.39 is 0 Å². The normalized spacial score (nSPS) is 17.8. The Bertz CT molecular complexity index is 207. The van der Waals surface area contributed by atoms with Crippen molar-refractivity contribution in [3.8, 4) is 0 Å². The number of carbonyl (C=O) groups excluding carboxylic acids is 1. The number of rotatable bonds is 4. The summed E-state index contributed by atoms with van der Waals surface area (Å²) in [5.41, 5.74) is 0.464. The molecule has 1 aliphatic carbocycles. The first-order chi connectivity index (χ1) is 6.72. The molecule has 0 atom stereocenters. The van der Waals surface area contributed by atoms with Crippen molar-refractivity contribution in [1.29, 1.82) is 5.41 Å². The van der Waals surface area contributed by atoms with Crippen LogP contribution in [0.4, 0.5) is 0 Å². The van der Waals surface area contributed by atoms with Crippen molar-refractivity contribution in [1.82, 2.24) is 0 Å². The summed E-state index contributed by atoms with van der Waals surface area (Å²) in [4.78, 5) is 11.3. The van der Waals surface area contributed by atoms with E-state index in [1.165, 1.54) is 19.3 Å². The first-order valence-electron chi connectivity index (χ1n) is 5.48. The Morgan fingerprint density at radius 1 is 1.36 bits per heavy atom. The zero-order valence-corrected chi connectivity index (χ0v) is 8.84. The van der Waals surface area contributed by atoms with Crippen LogP contribution in [0.25, 0.3) is 0 Å². The minimum absolute atomic E-state index is 0.126. The van der Waals surface area contributed by atoms with Gasteiger partial charge < -0.3 is 10.1 Å². The zero-order valence-electron chi connectivity index (χ0n) is 8.84. The van der Waals surface area contributed by atoms with E-state index >= 15 is 0 Å². The number of esters is 1. The van der Waals surface area contributed by atoms with Crippen LogP contribution in [0.2, 0.25) is 0 Å². The van der Waals surface area contributed by atoms with Crippen LogP contribution < -0.4 is 0 Å². The second kappa shape index (κ2) is 5.78. The highest BCUT2D eigenvalue weighted by Gasteiger charge is 2.17. The Labute approximate surface area is 85.3 Å². The van der Waals surface area contributed by atoms with Gasteiger partial charge in [-0.25, -0.2) is 0 Å². The molecule has 0 bridgehead atoms. The summed E-state index contributed by atoms with van der Waals surface area (Å²) in [6, 6.07) is 0. The maximum atomic E-state index is 11.3. The van der Waals surface area contributed by atoms with Gasteiger partial charge in [0.1, 0.15) is 6.10 Å². The topological polar surface area (TPSA) is 50.2 Å². The molecule has 1 N–H and O–H groups in total. The van der Waals surface area contributed by atoms with E-state index in [1.807, 2.05) is 6.92 Å². The lowest BCUT2D eigenvalue weighted by Crippen LogP contribution is -2.22. The highest BCUT2D eigenvalue weighted by atomic mass is 16.5. The molecule has 80 valence electrons. The van der Waals surface area contributed by atoms with Crippen LogP contribution in [0.3, 0.4) is 0 Å². The molecule has 3 heteroatoms. The SMILES string of the molecule is CCC(=N)CC(=O)OC1CCCCC1. The minimum atomic E-state index is -0.219. The number of hydrogen-bond acceptors (Lipinski definition) is 3. The Morgan fingerprint density at radius 3 is 2.57 bits per heavy atom. The first-order valence-corrected chi connectivity index (χ1v) is 5.48. The van der Waals surface area contributed by atoms with Crippen molar-refractivity contribution < 1.29 is 9.53 Å². The lowest BCUT2D eigenvalue weighted by atomic mass is 9.98. The summed E-state index contributed by atoms with van der Waals surface area (Å²) in [6.07, 6.45) is 6.55. The van der Waals surface area contributed by atoms with E-state index in [-0.39, 0.29) is 18.5 Å². The molecule has 0 aliphatic heterocycles. The summed E-state index contributed by atoms with van der Waals surface area (Å²) < 4.78 is 5.28. The highest BCUT2D eigenvalue weighted by molar-refractivity contribution is 5.97. The molecule has 0 unspecified atom stereocenters. The van der Waals surface area contributed by atoms with Crippen LogP contribution in [0.5, 0.6) is 0 Å². The molecule has 0 heterocycles. The largest absolute Gasteiger partial charge is 0.462 e. The maximum absolute atomic E-state index is 11.3. The highest BCUT2D eigenvalue weighted by Crippen LogP contribution is 2.20. The zero-order chi connectivity index (χ0) is 10.4. The molecular formula is C11H19NO2.